The van der Waals surface area contributed by atoms with E-state index in [1.807, 2.05) is 0 Å². The van der Waals surface area contributed by atoms with Crippen molar-refractivity contribution in [2.45, 2.75) is 25.7 Å². The zero-order chi connectivity index (χ0) is 12.1. The Bertz CT molecular complexity index is 408. The van der Waals surface area contributed by atoms with Gasteiger partial charge in [0, 0.05) is 5.33 Å². The van der Waals surface area contributed by atoms with Gasteiger partial charge in [-0.2, -0.15) is 0 Å². The van der Waals surface area contributed by atoms with Gasteiger partial charge in [0.2, 0.25) is 0 Å². The average molecular weight is 311 g/mol. The summed E-state index contributed by atoms with van der Waals surface area (Å²) in [5, 5.41) is 0.772. The highest BCUT2D eigenvalue weighted by atomic mass is 79.9. The van der Waals surface area contributed by atoms with E-state index in [9.17, 15) is 4.79 Å². The number of hydrogen-bond donors (Lipinski definition) is 0. The monoisotopic (exact) mass is 310 g/mol. The second-order valence-electron chi connectivity index (χ2n) is 7.13. The van der Waals surface area contributed by atoms with E-state index in [-0.39, 0.29) is 11.4 Å². The number of halogens is 1. The molecule has 0 N–H and O–H groups in total. The fourth-order valence-corrected chi connectivity index (χ4v) is 7.82. The molecule has 0 spiro atoms. The number of rotatable bonds is 3. The van der Waals surface area contributed by atoms with Gasteiger partial charge in [0.25, 0.3) is 0 Å². The third kappa shape index (κ3) is 0.820. The molecule has 18 heavy (non-hydrogen) atoms. The first-order valence-electron chi connectivity index (χ1n) is 7.55. The van der Waals surface area contributed by atoms with E-state index in [1.54, 1.807) is 0 Å². The summed E-state index contributed by atoms with van der Waals surface area (Å²) in [4.78, 5) is 12.8. The maximum absolute atomic E-state index is 12.8. The lowest BCUT2D eigenvalue weighted by molar-refractivity contribution is -0.167. The van der Waals surface area contributed by atoms with Crippen molar-refractivity contribution in [3.8, 4) is 0 Å². The van der Waals surface area contributed by atoms with Crippen LogP contribution in [0.4, 0.5) is 0 Å². The van der Waals surface area contributed by atoms with Gasteiger partial charge < -0.3 is 4.74 Å². The van der Waals surface area contributed by atoms with Crippen molar-refractivity contribution in [1.82, 2.24) is 0 Å². The SMILES string of the molecule is O=C(OCCBr)C12C3CCC4C3C3C(CCC31)C42. The van der Waals surface area contributed by atoms with Crippen LogP contribution in [0.5, 0.6) is 0 Å². The minimum atomic E-state index is 0.00331. The smallest absolute Gasteiger partial charge is 0.312 e. The molecule has 0 aromatic carbocycles. The Morgan fingerprint density at radius 1 is 1.11 bits per heavy atom. The number of hydrogen-bond acceptors (Lipinski definition) is 2. The molecule has 3 heteroatoms. The number of esters is 1. The lowest BCUT2D eigenvalue weighted by Crippen LogP contribution is -2.48. The molecular formula is C15H19BrO2. The molecule has 6 saturated carbocycles. The van der Waals surface area contributed by atoms with Crippen LogP contribution in [0, 0.1) is 46.8 Å². The van der Waals surface area contributed by atoms with Crippen molar-refractivity contribution in [2.75, 3.05) is 11.9 Å². The van der Waals surface area contributed by atoms with Crippen LogP contribution in [0.3, 0.4) is 0 Å². The summed E-state index contributed by atoms with van der Waals surface area (Å²) in [6.07, 6.45) is 5.45. The first kappa shape index (κ1) is 10.7. The number of ether oxygens (including phenoxy) is 1. The molecule has 0 aromatic rings. The van der Waals surface area contributed by atoms with E-state index in [2.05, 4.69) is 15.9 Å². The van der Waals surface area contributed by atoms with Gasteiger partial charge in [-0.25, -0.2) is 0 Å². The highest BCUT2D eigenvalue weighted by molar-refractivity contribution is 9.09. The van der Waals surface area contributed by atoms with Gasteiger partial charge in [0.15, 0.2) is 0 Å². The lowest BCUT2D eigenvalue weighted by atomic mass is 9.59. The van der Waals surface area contributed by atoms with E-state index in [0.717, 1.165) is 34.9 Å². The molecule has 6 unspecified atom stereocenters. The quantitative estimate of drug-likeness (QED) is 0.592. The molecule has 6 atom stereocenters. The van der Waals surface area contributed by atoms with Gasteiger partial charge in [-0.15, -0.1) is 0 Å². The van der Waals surface area contributed by atoms with Crippen LogP contribution in [0.1, 0.15) is 25.7 Å². The van der Waals surface area contributed by atoms with Gasteiger partial charge >= 0.3 is 5.97 Å². The molecule has 0 saturated heterocycles. The van der Waals surface area contributed by atoms with Gasteiger partial charge in [0.1, 0.15) is 6.61 Å². The molecule has 0 heterocycles. The summed E-state index contributed by atoms with van der Waals surface area (Å²) in [5.41, 5.74) is 0.00331. The Morgan fingerprint density at radius 3 is 2.28 bits per heavy atom. The van der Waals surface area contributed by atoms with Gasteiger partial charge in [0.05, 0.1) is 5.41 Å². The van der Waals surface area contributed by atoms with E-state index in [1.165, 1.54) is 25.7 Å². The molecule has 6 rings (SSSR count). The Labute approximate surface area is 116 Å². The molecule has 2 nitrogen and oxygen atoms in total. The molecule has 8 bridgehead atoms. The van der Waals surface area contributed by atoms with Gasteiger partial charge in [-0.1, -0.05) is 15.9 Å². The maximum atomic E-state index is 12.8. The minimum absolute atomic E-state index is 0.00331. The standard InChI is InChI=1S/C15H19BrO2/c16-5-6-18-14(17)15-9-3-1-7-11(9)12-8(13(7)15)2-4-10(12)15/h7-13H,1-6H2. The Morgan fingerprint density at radius 2 is 1.72 bits per heavy atom. The third-order valence-electron chi connectivity index (χ3n) is 7.35. The van der Waals surface area contributed by atoms with Crippen LogP contribution in [-0.2, 0) is 9.53 Å². The van der Waals surface area contributed by atoms with Crippen molar-refractivity contribution < 1.29 is 9.53 Å². The maximum Gasteiger partial charge on any atom is 0.312 e. The van der Waals surface area contributed by atoms with Crippen molar-refractivity contribution in [2.24, 2.45) is 46.8 Å². The summed E-state index contributed by atoms with van der Waals surface area (Å²) in [6, 6.07) is 0. The molecule has 6 aliphatic carbocycles. The predicted molar refractivity (Wildman–Crippen MR) is 70.1 cm³/mol. The van der Waals surface area contributed by atoms with E-state index < -0.39 is 0 Å². The van der Waals surface area contributed by atoms with E-state index in [4.69, 9.17) is 4.74 Å². The fourth-order valence-electron chi connectivity index (χ4n) is 7.66. The van der Waals surface area contributed by atoms with Crippen molar-refractivity contribution in [3.05, 3.63) is 0 Å². The second-order valence-corrected chi connectivity index (χ2v) is 7.93. The number of carbonyl (C=O) groups is 1. The van der Waals surface area contributed by atoms with Crippen molar-refractivity contribution in [3.63, 3.8) is 0 Å². The van der Waals surface area contributed by atoms with Crippen LogP contribution >= 0.6 is 15.9 Å². The summed E-state index contributed by atoms with van der Waals surface area (Å²) in [6.45, 7) is 0.553. The highest BCUT2D eigenvalue weighted by Crippen LogP contribution is 2.87. The van der Waals surface area contributed by atoms with Crippen molar-refractivity contribution in [1.29, 1.82) is 0 Å². The average Bonchev–Trinajstić information content (AvgIpc) is 3.12. The molecule has 0 aromatic heterocycles. The topological polar surface area (TPSA) is 26.3 Å². The van der Waals surface area contributed by atoms with Crippen LogP contribution in [0.2, 0.25) is 0 Å². The molecule has 98 valence electrons. The van der Waals surface area contributed by atoms with Crippen LogP contribution in [0.25, 0.3) is 0 Å². The zero-order valence-corrected chi connectivity index (χ0v) is 12.1. The van der Waals surface area contributed by atoms with Crippen LogP contribution in [-0.4, -0.2) is 17.9 Å². The molecule has 6 aliphatic rings. The highest BCUT2D eigenvalue weighted by Gasteiger charge is 2.86. The van der Waals surface area contributed by atoms with E-state index >= 15 is 0 Å². The Balaban J connectivity index is 1.58. The summed E-state index contributed by atoms with van der Waals surface area (Å²) in [5.74, 6) is 5.99. The molecule has 0 amide bonds. The first-order chi connectivity index (χ1) is 8.81. The summed E-state index contributed by atoms with van der Waals surface area (Å²) >= 11 is 3.37. The predicted octanol–water partition coefficient (Wildman–Crippen LogP) is 2.85. The van der Waals surface area contributed by atoms with Gasteiger partial charge in [-0.3, -0.25) is 4.79 Å². The lowest BCUT2D eigenvalue weighted by Gasteiger charge is -2.44. The largest absolute Gasteiger partial charge is 0.464 e. The fraction of sp³-hybridized carbons (Fsp3) is 0.933. The van der Waals surface area contributed by atoms with Crippen LogP contribution < -0.4 is 0 Å². The Kier molecular flexibility index (Phi) is 1.88. The second kappa shape index (κ2) is 3.16. The van der Waals surface area contributed by atoms with E-state index in [0.29, 0.717) is 18.4 Å². The number of carbonyl (C=O) groups excluding carboxylic acids is 1. The first-order valence-corrected chi connectivity index (χ1v) is 8.67. The Hall–Kier alpha value is -0.0500. The summed E-state index contributed by atoms with van der Waals surface area (Å²) < 4.78 is 5.61. The molecule has 6 fully saturated rings. The van der Waals surface area contributed by atoms with Crippen molar-refractivity contribution >= 4 is 21.9 Å². The summed E-state index contributed by atoms with van der Waals surface area (Å²) in [7, 11) is 0. The molecule has 0 aliphatic heterocycles. The zero-order valence-electron chi connectivity index (χ0n) is 10.5. The normalized spacial score (nSPS) is 61.1. The molecular weight excluding hydrogens is 292 g/mol. The van der Waals surface area contributed by atoms with Gasteiger partial charge in [-0.05, 0) is 67.1 Å². The number of alkyl halides is 1. The minimum Gasteiger partial charge on any atom is -0.464 e. The third-order valence-corrected chi connectivity index (χ3v) is 7.67. The molecule has 0 radical (unpaired) electrons. The van der Waals surface area contributed by atoms with Crippen LogP contribution in [0.15, 0.2) is 0 Å².